The molecule has 0 saturated carbocycles. The fourth-order valence-corrected chi connectivity index (χ4v) is 1.89. The minimum absolute atomic E-state index is 0.0525. The minimum Gasteiger partial charge on any atom is -0.426 e. The molecule has 1 N–H and O–H groups in total. The van der Waals surface area contributed by atoms with Crippen LogP contribution in [0, 0.1) is 0 Å². The minimum atomic E-state index is -0.722. The average molecular weight is 220 g/mol. The molecule has 0 amide bonds. The fourth-order valence-electron chi connectivity index (χ4n) is 1.89. The van der Waals surface area contributed by atoms with Gasteiger partial charge in [-0.15, -0.1) is 0 Å². The predicted molar refractivity (Wildman–Crippen MR) is 60.4 cm³/mol. The molecule has 0 fully saturated rings. The Balaban J connectivity index is 2.38. The Morgan fingerprint density at radius 3 is 3.00 bits per heavy atom. The topological polar surface area (TPSA) is 46.5 Å². The fraction of sp³-hybridized carbons (Fsp3) is 0.462. The van der Waals surface area contributed by atoms with Crippen LogP contribution in [0.4, 0.5) is 0 Å². The summed E-state index contributed by atoms with van der Waals surface area (Å²) in [6.45, 7) is 4.27. The molecular formula is C13H16O3. The van der Waals surface area contributed by atoms with E-state index in [-0.39, 0.29) is 12.4 Å². The molecule has 1 aliphatic rings. The molecule has 1 heterocycles. The second kappa shape index (κ2) is 4.26. The highest BCUT2D eigenvalue weighted by Gasteiger charge is 2.25. The van der Waals surface area contributed by atoms with Gasteiger partial charge >= 0.3 is 5.97 Å². The van der Waals surface area contributed by atoms with Gasteiger partial charge in [0.05, 0.1) is 12.5 Å². The van der Waals surface area contributed by atoms with Crippen LogP contribution in [0.3, 0.4) is 0 Å². The number of esters is 1. The molecule has 0 spiro atoms. The van der Waals surface area contributed by atoms with E-state index in [0.717, 1.165) is 12.0 Å². The van der Waals surface area contributed by atoms with Crippen molar-refractivity contribution < 1.29 is 14.6 Å². The van der Waals surface area contributed by atoms with E-state index >= 15 is 0 Å². The zero-order valence-electron chi connectivity index (χ0n) is 9.56. The first kappa shape index (κ1) is 11.1. The van der Waals surface area contributed by atoms with E-state index in [1.807, 2.05) is 12.1 Å². The van der Waals surface area contributed by atoms with Crippen molar-refractivity contribution in [1.29, 1.82) is 0 Å². The average Bonchev–Trinajstić information content (AvgIpc) is 2.27. The highest BCUT2D eigenvalue weighted by Crippen LogP contribution is 2.35. The summed E-state index contributed by atoms with van der Waals surface area (Å²) in [7, 11) is 0. The van der Waals surface area contributed by atoms with Crippen LogP contribution >= 0.6 is 0 Å². The number of carbonyl (C=O) groups is 1. The molecule has 0 bridgehead atoms. The van der Waals surface area contributed by atoms with E-state index < -0.39 is 6.10 Å². The van der Waals surface area contributed by atoms with E-state index in [1.165, 1.54) is 5.56 Å². The largest absolute Gasteiger partial charge is 0.426 e. The SMILES string of the molecule is CCC(C)c1ccc2c(c1)C(O)CC(=O)O2. The molecule has 0 aliphatic carbocycles. The van der Waals surface area contributed by atoms with Crippen molar-refractivity contribution in [3.05, 3.63) is 29.3 Å². The number of aliphatic hydroxyl groups is 1. The zero-order chi connectivity index (χ0) is 11.7. The van der Waals surface area contributed by atoms with Crippen molar-refractivity contribution >= 4 is 5.97 Å². The van der Waals surface area contributed by atoms with Gasteiger partial charge in [-0.3, -0.25) is 4.79 Å². The molecule has 0 saturated heterocycles. The Hall–Kier alpha value is -1.35. The third kappa shape index (κ3) is 1.95. The van der Waals surface area contributed by atoms with Crippen molar-refractivity contribution in [1.82, 2.24) is 0 Å². The molecule has 1 aliphatic heterocycles. The quantitative estimate of drug-likeness (QED) is 0.615. The molecule has 86 valence electrons. The van der Waals surface area contributed by atoms with Crippen molar-refractivity contribution in [2.75, 3.05) is 0 Å². The van der Waals surface area contributed by atoms with Crippen LogP contribution in [0.25, 0.3) is 0 Å². The number of fused-ring (bicyclic) bond motifs is 1. The number of ether oxygens (including phenoxy) is 1. The summed E-state index contributed by atoms with van der Waals surface area (Å²) in [5.41, 5.74) is 1.91. The number of benzene rings is 1. The van der Waals surface area contributed by atoms with Gasteiger partial charge in [-0.1, -0.05) is 19.9 Å². The standard InChI is InChI=1S/C13H16O3/c1-3-8(2)9-4-5-12-10(6-9)11(14)7-13(15)16-12/h4-6,8,11,14H,3,7H2,1-2H3. The van der Waals surface area contributed by atoms with Gasteiger partial charge in [-0.25, -0.2) is 0 Å². The normalized spacial score (nSPS) is 21.2. The van der Waals surface area contributed by atoms with Crippen LogP contribution in [-0.2, 0) is 4.79 Å². The lowest BCUT2D eigenvalue weighted by Gasteiger charge is -2.22. The molecule has 1 aromatic rings. The molecule has 0 aromatic heterocycles. The molecule has 1 aromatic carbocycles. The highest BCUT2D eigenvalue weighted by molar-refractivity contribution is 5.76. The summed E-state index contributed by atoms with van der Waals surface area (Å²) in [4.78, 5) is 11.1. The number of hydrogen-bond donors (Lipinski definition) is 1. The molecule has 2 unspecified atom stereocenters. The molecule has 2 rings (SSSR count). The molecule has 0 radical (unpaired) electrons. The third-order valence-electron chi connectivity index (χ3n) is 3.16. The van der Waals surface area contributed by atoms with Crippen LogP contribution in [0.1, 0.15) is 49.8 Å². The van der Waals surface area contributed by atoms with Crippen LogP contribution < -0.4 is 4.74 Å². The second-order valence-electron chi connectivity index (χ2n) is 4.30. The number of rotatable bonds is 2. The smallest absolute Gasteiger partial charge is 0.314 e. The molecule has 16 heavy (non-hydrogen) atoms. The van der Waals surface area contributed by atoms with Crippen molar-refractivity contribution in [2.24, 2.45) is 0 Å². The van der Waals surface area contributed by atoms with E-state index in [4.69, 9.17) is 4.74 Å². The number of hydrogen-bond acceptors (Lipinski definition) is 3. The first-order valence-corrected chi connectivity index (χ1v) is 5.64. The lowest BCUT2D eigenvalue weighted by Crippen LogP contribution is -2.20. The van der Waals surface area contributed by atoms with Crippen LogP contribution in [0.15, 0.2) is 18.2 Å². The van der Waals surface area contributed by atoms with E-state index in [1.54, 1.807) is 6.07 Å². The predicted octanol–water partition coefficient (Wildman–Crippen LogP) is 2.54. The van der Waals surface area contributed by atoms with Crippen molar-refractivity contribution in [3.8, 4) is 5.75 Å². The van der Waals surface area contributed by atoms with Gasteiger partial charge < -0.3 is 9.84 Å². The van der Waals surface area contributed by atoms with Gasteiger partial charge in [0.25, 0.3) is 0 Å². The maximum Gasteiger partial charge on any atom is 0.314 e. The summed E-state index contributed by atoms with van der Waals surface area (Å²) in [5.74, 6) is 0.585. The highest BCUT2D eigenvalue weighted by atomic mass is 16.5. The maximum absolute atomic E-state index is 11.1. The summed E-state index contributed by atoms with van der Waals surface area (Å²) >= 11 is 0. The van der Waals surface area contributed by atoms with E-state index in [2.05, 4.69) is 13.8 Å². The Morgan fingerprint density at radius 2 is 2.31 bits per heavy atom. The lowest BCUT2D eigenvalue weighted by molar-refractivity contribution is -0.138. The maximum atomic E-state index is 11.1. The Labute approximate surface area is 95.0 Å². The monoisotopic (exact) mass is 220 g/mol. The van der Waals surface area contributed by atoms with Crippen LogP contribution in [0.2, 0.25) is 0 Å². The first-order valence-electron chi connectivity index (χ1n) is 5.64. The zero-order valence-corrected chi connectivity index (χ0v) is 9.56. The van der Waals surface area contributed by atoms with Gasteiger partial charge in [-0.2, -0.15) is 0 Å². The van der Waals surface area contributed by atoms with Gasteiger partial charge in [0.1, 0.15) is 5.75 Å². The number of carbonyl (C=O) groups excluding carboxylic acids is 1. The second-order valence-corrected chi connectivity index (χ2v) is 4.30. The van der Waals surface area contributed by atoms with Crippen LogP contribution in [-0.4, -0.2) is 11.1 Å². The van der Waals surface area contributed by atoms with Gasteiger partial charge in [-0.05, 0) is 30.0 Å². The van der Waals surface area contributed by atoms with Crippen molar-refractivity contribution in [3.63, 3.8) is 0 Å². The van der Waals surface area contributed by atoms with Gasteiger partial charge in [0.2, 0.25) is 0 Å². The molecular weight excluding hydrogens is 204 g/mol. The van der Waals surface area contributed by atoms with Gasteiger partial charge in [0.15, 0.2) is 0 Å². The summed E-state index contributed by atoms with van der Waals surface area (Å²) in [5, 5.41) is 9.81. The van der Waals surface area contributed by atoms with E-state index in [9.17, 15) is 9.90 Å². The summed E-state index contributed by atoms with van der Waals surface area (Å²) in [6.07, 6.45) is 0.381. The van der Waals surface area contributed by atoms with Gasteiger partial charge in [0, 0.05) is 5.56 Å². The first-order chi connectivity index (χ1) is 7.61. The Kier molecular flexibility index (Phi) is 2.97. The Morgan fingerprint density at radius 1 is 1.56 bits per heavy atom. The van der Waals surface area contributed by atoms with Crippen LogP contribution in [0.5, 0.6) is 5.75 Å². The van der Waals surface area contributed by atoms with Crippen molar-refractivity contribution in [2.45, 2.75) is 38.7 Å². The molecule has 3 nitrogen and oxygen atoms in total. The third-order valence-corrected chi connectivity index (χ3v) is 3.16. The van der Waals surface area contributed by atoms with E-state index in [0.29, 0.717) is 11.7 Å². The summed E-state index contributed by atoms with van der Waals surface area (Å²) < 4.78 is 5.07. The molecule has 3 heteroatoms. The summed E-state index contributed by atoms with van der Waals surface area (Å²) in [6, 6.07) is 5.68. The molecule has 2 atom stereocenters. The lowest BCUT2D eigenvalue weighted by atomic mass is 9.93. The number of aliphatic hydroxyl groups excluding tert-OH is 1. The Bertz CT molecular complexity index is 412.